The van der Waals surface area contributed by atoms with Crippen molar-refractivity contribution in [3.8, 4) is 33.2 Å². The van der Waals surface area contributed by atoms with Crippen molar-refractivity contribution < 1.29 is 22.7 Å². The second-order valence-electron chi connectivity index (χ2n) is 5.56. The molecule has 0 atom stereocenters. The molecule has 1 aromatic heterocycles. The standard InChI is InChI=1S/C19H17NO5S2/c1-24-15-7-3-13(4-8-15)17-18(14-5-9-16(25-2)10-6-14)26-19(20-17)27(22,23)12-11-21/h3-11H,12H2,1-2H3. The fourth-order valence-corrected chi connectivity index (χ4v) is 4.82. The van der Waals surface area contributed by atoms with E-state index in [0.29, 0.717) is 28.4 Å². The third kappa shape index (κ3) is 4.01. The van der Waals surface area contributed by atoms with E-state index in [1.165, 1.54) is 0 Å². The largest absolute Gasteiger partial charge is 0.497 e. The van der Waals surface area contributed by atoms with Gasteiger partial charge in [0.15, 0.2) is 0 Å². The highest BCUT2D eigenvalue weighted by Crippen LogP contribution is 2.39. The summed E-state index contributed by atoms with van der Waals surface area (Å²) in [5.74, 6) is 0.793. The Balaban J connectivity index is 2.16. The van der Waals surface area contributed by atoms with E-state index in [9.17, 15) is 13.2 Å². The Hall–Kier alpha value is -2.71. The van der Waals surface area contributed by atoms with Gasteiger partial charge in [-0.1, -0.05) is 0 Å². The van der Waals surface area contributed by atoms with Gasteiger partial charge in [0, 0.05) is 5.56 Å². The second kappa shape index (κ2) is 7.89. The van der Waals surface area contributed by atoms with E-state index in [-0.39, 0.29) is 4.34 Å². The number of rotatable bonds is 7. The summed E-state index contributed by atoms with van der Waals surface area (Å²) < 4.78 is 34.9. The summed E-state index contributed by atoms with van der Waals surface area (Å²) in [5, 5.41) is 0. The summed E-state index contributed by atoms with van der Waals surface area (Å²) in [6.07, 6.45) is 0.372. The number of carbonyl (C=O) groups is 1. The molecule has 1 heterocycles. The highest BCUT2D eigenvalue weighted by atomic mass is 32.2. The number of nitrogens with zero attached hydrogens (tertiary/aromatic N) is 1. The Bertz CT molecular complexity index is 974. The van der Waals surface area contributed by atoms with Crippen LogP contribution in [0, 0.1) is 0 Å². The molecule has 0 saturated carbocycles. The summed E-state index contributed by atoms with van der Waals surface area (Å²) in [6.45, 7) is 0. The van der Waals surface area contributed by atoms with E-state index < -0.39 is 15.6 Å². The summed E-state index contributed by atoms with van der Waals surface area (Å²) in [6, 6.07) is 14.5. The average Bonchev–Trinajstić information content (AvgIpc) is 3.14. The maximum atomic E-state index is 12.3. The van der Waals surface area contributed by atoms with Gasteiger partial charge in [0.25, 0.3) is 0 Å². The minimum atomic E-state index is -3.76. The summed E-state index contributed by atoms with van der Waals surface area (Å²) in [7, 11) is -0.612. The van der Waals surface area contributed by atoms with Crippen LogP contribution in [0.25, 0.3) is 21.7 Å². The van der Waals surface area contributed by atoms with Gasteiger partial charge in [0.2, 0.25) is 14.2 Å². The van der Waals surface area contributed by atoms with E-state index >= 15 is 0 Å². The van der Waals surface area contributed by atoms with E-state index in [2.05, 4.69) is 4.98 Å². The normalized spacial score (nSPS) is 11.2. The summed E-state index contributed by atoms with van der Waals surface area (Å²) in [5.41, 5.74) is 2.11. The number of benzene rings is 2. The van der Waals surface area contributed by atoms with Gasteiger partial charge in [-0.25, -0.2) is 13.4 Å². The predicted molar refractivity (Wildman–Crippen MR) is 104 cm³/mol. The fourth-order valence-electron chi connectivity index (χ4n) is 2.48. The van der Waals surface area contributed by atoms with E-state index in [1.54, 1.807) is 38.5 Å². The van der Waals surface area contributed by atoms with Crippen LogP contribution in [0.5, 0.6) is 11.5 Å². The number of ether oxygens (including phenoxy) is 2. The first-order chi connectivity index (χ1) is 13.0. The highest BCUT2D eigenvalue weighted by Gasteiger charge is 2.23. The van der Waals surface area contributed by atoms with Crippen molar-refractivity contribution in [2.45, 2.75) is 4.34 Å². The molecule has 0 saturated heterocycles. The van der Waals surface area contributed by atoms with Crippen molar-refractivity contribution in [2.24, 2.45) is 0 Å². The van der Waals surface area contributed by atoms with Crippen molar-refractivity contribution >= 4 is 27.5 Å². The van der Waals surface area contributed by atoms with Gasteiger partial charge < -0.3 is 14.3 Å². The number of sulfone groups is 1. The molecule has 0 aliphatic heterocycles. The van der Waals surface area contributed by atoms with Gasteiger partial charge in [-0.2, -0.15) is 0 Å². The Labute approximate surface area is 161 Å². The maximum absolute atomic E-state index is 12.3. The van der Waals surface area contributed by atoms with Crippen LogP contribution in [-0.2, 0) is 14.6 Å². The SMILES string of the molecule is COc1ccc(-c2nc(S(=O)(=O)CC=O)sc2-c2ccc(OC)cc2)cc1. The number of methoxy groups -OCH3 is 2. The van der Waals surface area contributed by atoms with Crippen molar-refractivity contribution in [3.63, 3.8) is 0 Å². The van der Waals surface area contributed by atoms with Crippen LogP contribution >= 0.6 is 11.3 Å². The van der Waals surface area contributed by atoms with E-state index in [1.807, 2.05) is 24.3 Å². The Morgan fingerprint density at radius 1 is 0.926 bits per heavy atom. The molecule has 0 aliphatic carbocycles. The first kappa shape index (κ1) is 19.1. The summed E-state index contributed by atoms with van der Waals surface area (Å²) >= 11 is 1.05. The first-order valence-electron chi connectivity index (χ1n) is 7.94. The number of aldehydes is 1. The molecule has 0 amide bonds. The minimum absolute atomic E-state index is 0.0776. The van der Waals surface area contributed by atoms with E-state index in [4.69, 9.17) is 9.47 Å². The smallest absolute Gasteiger partial charge is 0.212 e. The number of hydrogen-bond acceptors (Lipinski definition) is 7. The third-order valence-electron chi connectivity index (χ3n) is 3.88. The molecule has 0 spiro atoms. The maximum Gasteiger partial charge on any atom is 0.212 e. The second-order valence-corrected chi connectivity index (χ2v) is 8.77. The molecule has 8 heteroatoms. The molecule has 0 radical (unpaired) electrons. The van der Waals surface area contributed by atoms with Crippen LogP contribution in [0.15, 0.2) is 52.9 Å². The lowest BCUT2D eigenvalue weighted by atomic mass is 10.1. The van der Waals surface area contributed by atoms with Crippen LogP contribution in [0.1, 0.15) is 0 Å². The van der Waals surface area contributed by atoms with Crippen LogP contribution in [0.2, 0.25) is 0 Å². The van der Waals surface area contributed by atoms with Crippen molar-refractivity contribution in [1.82, 2.24) is 4.98 Å². The average molecular weight is 403 g/mol. The lowest BCUT2D eigenvalue weighted by molar-refractivity contribution is -0.105. The van der Waals surface area contributed by atoms with Crippen LogP contribution < -0.4 is 9.47 Å². The lowest BCUT2D eigenvalue weighted by Crippen LogP contribution is -2.07. The highest BCUT2D eigenvalue weighted by molar-refractivity contribution is 7.94. The van der Waals surface area contributed by atoms with E-state index in [0.717, 1.165) is 22.5 Å². The van der Waals surface area contributed by atoms with Crippen molar-refractivity contribution in [2.75, 3.05) is 20.0 Å². The molecule has 3 aromatic rings. The first-order valence-corrected chi connectivity index (χ1v) is 10.4. The Morgan fingerprint density at radius 2 is 1.44 bits per heavy atom. The van der Waals surface area contributed by atoms with Gasteiger partial charge in [-0.3, -0.25) is 0 Å². The molecule has 6 nitrogen and oxygen atoms in total. The number of hydrogen-bond donors (Lipinski definition) is 0. The predicted octanol–water partition coefficient (Wildman–Crippen LogP) is 3.47. The zero-order chi connectivity index (χ0) is 19.4. The van der Waals surface area contributed by atoms with Crippen LogP contribution in [0.4, 0.5) is 0 Å². The zero-order valence-electron chi connectivity index (χ0n) is 14.7. The van der Waals surface area contributed by atoms with Gasteiger partial charge in [-0.05, 0) is 54.1 Å². The fraction of sp³-hybridized carbons (Fsp3) is 0.158. The Kier molecular flexibility index (Phi) is 5.57. The number of aromatic nitrogens is 1. The molecule has 0 aliphatic rings. The molecular formula is C19H17NO5S2. The van der Waals surface area contributed by atoms with Gasteiger partial charge in [0.1, 0.15) is 23.5 Å². The molecule has 3 rings (SSSR count). The molecule has 27 heavy (non-hydrogen) atoms. The van der Waals surface area contributed by atoms with Crippen LogP contribution in [0.3, 0.4) is 0 Å². The quantitative estimate of drug-likeness (QED) is 0.562. The molecular weight excluding hydrogens is 386 g/mol. The number of carbonyl (C=O) groups excluding carboxylic acids is 1. The minimum Gasteiger partial charge on any atom is -0.497 e. The molecule has 2 aromatic carbocycles. The lowest BCUT2D eigenvalue weighted by Gasteiger charge is -2.05. The van der Waals surface area contributed by atoms with Crippen LogP contribution in [-0.4, -0.2) is 39.7 Å². The van der Waals surface area contributed by atoms with Gasteiger partial charge in [-0.15, -0.1) is 11.3 Å². The van der Waals surface area contributed by atoms with Crippen molar-refractivity contribution in [1.29, 1.82) is 0 Å². The third-order valence-corrected chi connectivity index (χ3v) is 6.99. The monoisotopic (exact) mass is 403 g/mol. The van der Waals surface area contributed by atoms with Gasteiger partial charge in [0.05, 0.1) is 24.8 Å². The van der Waals surface area contributed by atoms with Gasteiger partial charge >= 0.3 is 0 Å². The molecule has 0 bridgehead atoms. The molecule has 0 fully saturated rings. The topological polar surface area (TPSA) is 82.6 Å². The Morgan fingerprint density at radius 3 is 1.93 bits per heavy atom. The van der Waals surface area contributed by atoms with Crippen molar-refractivity contribution in [3.05, 3.63) is 48.5 Å². The zero-order valence-corrected chi connectivity index (χ0v) is 16.3. The molecule has 0 N–H and O–H groups in total. The number of thiazole rings is 1. The molecule has 140 valence electrons. The molecule has 0 unspecified atom stereocenters. The summed E-state index contributed by atoms with van der Waals surface area (Å²) in [4.78, 5) is 15.8.